The second-order valence-electron chi connectivity index (χ2n) is 6.33. The highest BCUT2D eigenvalue weighted by atomic mass is 32.2. The molecular formula is C20H25NO4S. The number of carbonyl (C=O) groups is 1. The van der Waals surface area contributed by atoms with Crippen LogP contribution in [-0.4, -0.2) is 29.8 Å². The summed E-state index contributed by atoms with van der Waals surface area (Å²) in [6.45, 7) is 4.19. The predicted octanol–water partition coefficient (Wildman–Crippen LogP) is 3.69. The number of rotatable bonds is 9. The van der Waals surface area contributed by atoms with Gasteiger partial charge in [-0.25, -0.2) is 8.42 Å². The summed E-state index contributed by atoms with van der Waals surface area (Å²) in [7, 11) is -3.64. The number of carboxylic acid groups (broad SMARTS) is 1. The molecule has 0 bridgehead atoms. The standard InChI is InChI=1S/C20H25NO4S/c1-3-16(2)21(15-18-7-5-4-6-8-18)26(24,25)19-12-9-17(10-13-19)11-14-20(22)23/h4-10,12-13,16H,3,11,14-15H2,1-2H3,(H,22,23). The van der Waals surface area contributed by atoms with Crippen LogP contribution >= 0.6 is 0 Å². The van der Waals surface area contributed by atoms with E-state index in [0.717, 1.165) is 11.1 Å². The van der Waals surface area contributed by atoms with Gasteiger partial charge in [-0.05, 0) is 43.0 Å². The van der Waals surface area contributed by atoms with E-state index < -0.39 is 16.0 Å². The van der Waals surface area contributed by atoms with Gasteiger partial charge in [0.15, 0.2) is 0 Å². The van der Waals surface area contributed by atoms with Gasteiger partial charge < -0.3 is 5.11 Å². The van der Waals surface area contributed by atoms with Crippen LogP contribution in [-0.2, 0) is 27.8 Å². The Hall–Kier alpha value is -2.18. The molecule has 2 aromatic carbocycles. The van der Waals surface area contributed by atoms with E-state index in [1.165, 1.54) is 4.31 Å². The van der Waals surface area contributed by atoms with Crippen LogP contribution in [0.4, 0.5) is 0 Å². The molecule has 6 heteroatoms. The van der Waals surface area contributed by atoms with Crippen molar-refractivity contribution in [1.82, 2.24) is 4.31 Å². The highest BCUT2D eigenvalue weighted by Crippen LogP contribution is 2.23. The van der Waals surface area contributed by atoms with Gasteiger partial charge in [0.25, 0.3) is 0 Å². The molecule has 1 unspecified atom stereocenters. The van der Waals surface area contributed by atoms with Crippen LogP contribution in [0.5, 0.6) is 0 Å². The third-order valence-electron chi connectivity index (χ3n) is 4.42. The van der Waals surface area contributed by atoms with Crippen molar-refractivity contribution in [1.29, 1.82) is 0 Å². The van der Waals surface area contributed by atoms with E-state index in [1.54, 1.807) is 24.3 Å². The number of hydrogen-bond acceptors (Lipinski definition) is 3. The number of carboxylic acids is 1. The molecule has 0 saturated heterocycles. The maximum Gasteiger partial charge on any atom is 0.303 e. The molecule has 26 heavy (non-hydrogen) atoms. The second kappa shape index (κ2) is 8.96. The minimum Gasteiger partial charge on any atom is -0.481 e. The minimum absolute atomic E-state index is 0.0269. The van der Waals surface area contributed by atoms with E-state index in [-0.39, 0.29) is 17.4 Å². The molecule has 140 valence electrons. The molecule has 0 aliphatic heterocycles. The van der Waals surface area contributed by atoms with E-state index in [0.29, 0.717) is 19.4 Å². The first-order valence-electron chi connectivity index (χ1n) is 8.71. The summed E-state index contributed by atoms with van der Waals surface area (Å²) >= 11 is 0. The van der Waals surface area contributed by atoms with Crippen LogP contribution in [0.2, 0.25) is 0 Å². The highest BCUT2D eigenvalue weighted by molar-refractivity contribution is 7.89. The quantitative estimate of drug-likeness (QED) is 0.725. The number of aliphatic carboxylic acids is 1. The SMILES string of the molecule is CCC(C)N(Cc1ccccc1)S(=O)(=O)c1ccc(CCC(=O)O)cc1. The fourth-order valence-electron chi connectivity index (χ4n) is 2.66. The van der Waals surface area contributed by atoms with Crippen LogP contribution in [0.15, 0.2) is 59.5 Å². The van der Waals surface area contributed by atoms with E-state index in [2.05, 4.69) is 0 Å². The Labute approximate surface area is 155 Å². The average molecular weight is 375 g/mol. The van der Waals surface area contributed by atoms with Crippen molar-refractivity contribution in [2.24, 2.45) is 0 Å². The summed E-state index contributed by atoms with van der Waals surface area (Å²) in [5.74, 6) is -0.868. The van der Waals surface area contributed by atoms with Gasteiger partial charge in [0.05, 0.1) is 4.90 Å². The van der Waals surface area contributed by atoms with E-state index in [1.807, 2.05) is 44.2 Å². The summed E-state index contributed by atoms with van der Waals surface area (Å²) in [4.78, 5) is 10.9. The van der Waals surface area contributed by atoms with Crippen molar-refractivity contribution in [3.8, 4) is 0 Å². The molecule has 0 heterocycles. The van der Waals surface area contributed by atoms with E-state index in [4.69, 9.17) is 5.11 Å². The van der Waals surface area contributed by atoms with Crippen LogP contribution in [0.25, 0.3) is 0 Å². The zero-order valence-corrected chi connectivity index (χ0v) is 15.9. The zero-order chi connectivity index (χ0) is 19.2. The lowest BCUT2D eigenvalue weighted by Crippen LogP contribution is -2.37. The van der Waals surface area contributed by atoms with Gasteiger partial charge in [0.2, 0.25) is 10.0 Å². The first kappa shape index (κ1) is 20.1. The fourth-order valence-corrected chi connectivity index (χ4v) is 4.35. The van der Waals surface area contributed by atoms with Crippen molar-refractivity contribution in [2.75, 3.05) is 0 Å². The van der Waals surface area contributed by atoms with Gasteiger partial charge in [0.1, 0.15) is 0 Å². The van der Waals surface area contributed by atoms with Gasteiger partial charge in [0, 0.05) is 19.0 Å². The third-order valence-corrected chi connectivity index (χ3v) is 6.40. The van der Waals surface area contributed by atoms with Crippen LogP contribution in [0.1, 0.15) is 37.8 Å². The maximum atomic E-state index is 13.1. The van der Waals surface area contributed by atoms with Gasteiger partial charge in [-0.15, -0.1) is 0 Å². The maximum absolute atomic E-state index is 13.1. The molecule has 5 nitrogen and oxygen atoms in total. The lowest BCUT2D eigenvalue weighted by atomic mass is 10.1. The largest absolute Gasteiger partial charge is 0.481 e. The second-order valence-corrected chi connectivity index (χ2v) is 8.22. The third kappa shape index (κ3) is 5.16. The molecule has 2 rings (SSSR count). The Bertz CT molecular complexity index is 817. The number of nitrogens with zero attached hydrogens (tertiary/aromatic N) is 1. The lowest BCUT2D eigenvalue weighted by molar-refractivity contribution is -0.136. The van der Waals surface area contributed by atoms with Crippen molar-refractivity contribution < 1.29 is 18.3 Å². The molecule has 0 aromatic heterocycles. The number of benzene rings is 2. The van der Waals surface area contributed by atoms with E-state index in [9.17, 15) is 13.2 Å². The smallest absolute Gasteiger partial charge is 0.303 e. The molecule has 1 N–H and O–H groups in total. The molecule has 0 spiro atoms. The summed E-state index contributed by atoms with van der Waals surface area (Å²) in [5, 5.41) is 8.76. The van der Waals surface area contributed by atoms with Crippen molar-refractivity contribution in [3.63, 3.8) is 0 Å². The van der Waals surface area contributed by atoms with Crippen LogP contribution in [0, 0.1) is 0 Å². The number of hydrogen-bond donors (Lipinski definition) is 1. The molecule has 0 fully saturated rings. The molecule has 0 aliphatic carbocycles. The van der Waals surface area contributed by atoms with Gasteiger partial charge in [-0.2, -0.15) is 4.31 Å². The average Bonchev–Trinajstić information content (AvgIpc) is 2.65. The zero-order valence-electron chi connectivity index (χ0n) is 15.1. The van der Waals surface area contributed by atoms with Crippen LogP contribution in [0.3, 0.4) is 0 Å². The van der Waals surface area contributed by atoms with Gasteiger partial charge >= 0.3 is 5.97 Å². The summed E-state index contributed by atoms with van der Waals surface area (Å²) in [5.41, 5.74) is 1.75. The Morgan fingerprint density at radius 1 is 1.04 bits per heavy atom. The van der Waals surface area contributed by atoms with Crippen molar-refractivity contribution in [2.45, 2.75) is 50.6 Å². The normalized spacial score (nSPS) is 12.9. The molecule has 0 amide bonds. The first-order chi connectivity index (χ1) is 12.3. The number of aryl methyl sites for hydroxylation is 1. The van der Waals surface area contributed by atoms with Crippen LogP contribution < -0.4 is 0 Å². The predicted molar refractivity (Wildman–Crippen MR) is 101 cm³/mol. The van der Waals surface area contributed by atoms with E-state index >= 15 is 0 Å². The highest BCUT2D eigenvalue weighted by Gasteiger charge is 2.28. The van der Waals surface area contributed by atoms with Gasteiger partial charge in [-0.1, -0.05) is 49.4 Å². The number of sulfonamides is 1. The molecule has 2 aromatic rings. The van der Waals surface area contributed by atoms with Crippen molar-refractivity contribution in [3.05, 3.63) is 65.7 Å². The summed E-state index contributed by atoms with van der Waals surface area (Å²) in [6, 6.07) is 15.9. The molecule has 0 saturated carbocycles. The fraction of sp³-hybridized carbons (Fsp3) is 0.350. The molecule has 0 aliphatic rings. The molecule has 0 radical (unpaired) electrons. The molecular weight excluding hydrogens is 350 g/mol. The summed E-state index contributed by atoms with van der Waals surface area (Å²) < 4.78 is 27.8. The summed E-state index contributed by atoms with van der Waals surface area (Å²) in [6.07, 6.45) is 1.12. The lowest BCUT2D eigenvalue weighted by Gasteiger charge is -2.28. The Balaban J connectivity index is 2.26. The van der Waals surface area contributed by atoms with Gasteiger partial charge in [-0.3, -0.25) is 4.79 Å². The Morgan fingerprint density at radius 3 is 2.19 bits per heavy atom. The first-order valence-corrected chi connectivity index (χ1v) is 10.1. The van der Waals surface area contributed by atoms with Crippen molar-refractivity contribution >= 4 is 16.0 Å². The Morgan fingerprint density at radius 2 is 1.65 bits per heavy atom. The monoisotopic (exact) mass is 375 g/mol. The topological polar surface area (TPSA) is 74.7 Å². The Kier molecular flexibility index (Phi) is 6.94. The molecule has 1 atom stereocenters. The minimum atomic E-state index is -3.64.